The summed E-state index contributed by atoms with van der Waals surface area (Å²) >= 11 is 12.8. The fourth-order valence-corrected chi connectivity index (χ4v) is 3.71. The Balaban J connectivity index is 1.62. The van der Waals surface area contributed by atoms with Crippen LogP contribution in [0.15, 0.2) is 47.1 Å². The smallest absolute Gasteiger partial charge is 0.275 e. The summed E-state index contributed by atoms with van der Waals surface area (Å²) in [6, 6.07) is 11.3. The fraction of sp³-hybridized carbons (Fsp3) is 0.273. The van der Waals surface area contributed by atoms with Gasteiger partial charge in [0, 0.05) is 30.2 Å². The maximum absolute atomic E-state index is 8.91. The number of hydrogen-bond acceptors (Lipinski definition) is 6. The molecule has 0 saturated carbocycles. The number of aliphatic hydroxyl groups excluding tert-OH is 1. The van der Waals surface area contributed by atoms with E-state index >= 15 is 0 Å². The Bertz CT molecular complexity index is 1200. The molecule has 0 saturated heterocycles. The van der Waals surface area contributed by atoms with Crippen molar-refractivity contribution in [3.05, 3.63) is 58.2 Å². The van der Waals surface area contributed by atoms with E-state index in [1.807, 2.05) is 38.1 Å². The largest absolute Gasteiger partial charge is 0.489 e. The Morgan fingerprint density at radius 2 is 2.00 bits per heavy atom. The highest BCUT2D eigenvalue weighted by Crippen LogP contribution is 2.32. The topological polar surface area (TPSA) is 85.3 Å². The molecule has 0 amide bonds. The number of ether oxygens (including phenoxy) is 1. The highest BCUT2D eigenvalue weighted by molar-refractivity contribution is 6.35. The molecular weight excluding hydrogens is 439 g/mol. The number of fused-ring (bicyclic) bond motifs is 1. The van der Waals surface area contributed by atoms with Crippen molar-refractivity contribution in [1.29, 1.82) is 0 Å². The molecule has 0 aliphatic heterocycles. The van der Waals surface area contributed by atoms with E-state index < -0.39 is 0 Å². The van der Waals surface area contributed by atoms with Crippen LogP contribution < -0.4 is 10.1 Å². The Kier molecular flexibility index (Phi) is 6.48. The van der Waals surface area contributed by atoms with Gasteiger partial charge in [0.1, 0.15) is 5.75 Å². The first kappa shape index (κ1) is 21.6. The third kappa shape index (κ3) is 4.70. The Hall–Kier alpha value is -2.58. The number of aromatic nitrogens is 3. The van der Waals surface area contributed by atoms with E-state index in [4.69, 9.17) is 37.6 Å². The van der Waals surface area contributed by atoms with Crippen molar-refractivity contribution in [2.45, 2.75) is 26.5 Å². The zero-order chi connectivity index (χ0) is 22.0. The molecule has 2 heterocycles. The summed E-state index contributed by atoms with van der Waals surface area (Å²) in [6.07, 6.45) is 1.79. The molecule has 0 spiro atoms. The zero-order valence-electron chi connectivity index (χ0n) is 17.1. The minimum Gasteiger partial charge on any atom is -0.489 e. The van der Waals surface area contributed by atoms with Gasteiger partial charge in [0.25, 0.3) is 11.8 Å². The molecule has 0 aliphatic rings. The first-order valence-corrected chi connectivity index (χ1v) is 10.6. The van der Waals surface area contributed by atoms with Gasteiger partial charge in [0.15, 0.2) is 0 Å². The molecule has 0 unspecified atom stereocenters. The van der Waals surface area contributed by atoms with E-state index in [0.717, 1.165) is 16.5 Å². The molecule has 2 N–H and O–H groups in total. The van der Waals surface area contributed by atoms with Crippen LogP contribution in [0.1, 0.15) is 19.4 Å². The molecule has 0 aliphatic carbocycles. The van der Waals surface area contributed by atoms with Crippen LogP contribution in [0.3, 0.4) is 0 Å². The van der Waals surface area contributed by atoms with E-state index in [1.165, 1.54) is 0 Å². The molecule has 162 valence electrons. The van der Waals surface area contributed by atoms with E-state index in [9.17, 15) is 0 Å². The van der Waals surface area contributed by atoms with Gasteiger partial charge in [-0.25, -0.2) is 0 Å². The van der Waals surface area contributed by atoms with Gasteiger partial charge in [0.05, 0.1) is 28.3 Å². The minimum atomic E-state index is 0.0242. The van der Waals surface area contributed by atoms with Crippen molar-refractivity contribution in [2.75, 3.05) is 13.2 Å². The minimum absolute atomic E-state index is 0.0242. The van der Waals surface area contributed by atoms with Gasteiger partial charge >= 0.3 is 0 Å². The summed E-state index contributed by atoms with van der Waals surface area (Å²) in [5.74, 6) is 1.32. The summed E-state index contributed by atoms with van der Waals surface area (Å²) in [5, 5.41) is 18.1. The molecule has 2 aromatic heterocycles. The number of rotatable bonds is 8. The lowest BCUT2D eigenvalue weighted by Gasteiger charge is -2.11. The molecule has 0 radical (unpaired) electrons. The van der Waals surface area contributed by atoms with Crippen molar-refractivity contribution < 1.29 is 14.4 Å². The number of nitrogens with one attached hydrogen (secondary N) is 1. The van der Waals surface area contributed by atoms with Crippen LogP contribution in [0.25, 0.3) is 28.3 Å². The second-order valence-electron chi connectivity index (χ2n) is 7.31. The SMILES string of the molecule is CC(C)Oc1ccc(-c2nc(-n3cc(Cl)c4cc(CNCCO)ccc43)no2)cc1Cl. The van der Waals surface area contributed by atoms with Crippen LogP contribution in [-0.2, 0) is 6.54 Å². The van der Waals surface area contributed by atoms with E-state index in [1.54, 1.807) is 22.9 Å². The molecule has 0 bridgehead atoms. The fourth-order valence-electron chi connectivity index (χ4n) is 3.24. The van der Waals surface area contributed by atoms with Crippen molar-refractivity contribution in [3.63, 3.8) is 0 Å². The molecule has 0 fully saturated rings. The number of benzene rings is 2. The van der Waals surface area contributed by atoms with Gasteiger partial charge < -0.3 is 19.7 Å². The molecule has 31 heavy (non-hydrogen) atoms. The van der Waals surface area contributed by atoms with Crippen LogP contribution in [0.2, 0.25) is 10.0 Å². The van der Waals surface area contributed by atoms with Gasteiger partial charge in [-0.05, 0) is 54.9 Å². The first-order chi connectivity index (χ1) is 15.0. The summed E-state index contributed by atoms with van der Waals surface area (Å²) in [5.41, 5.74) is 2.62. The number of hydrogen-bond donors (Lipinski definition) is 2. The Morgan fingerprint density at radius 3 is 2.74 bits per heavy atom. The van der Waals surface area contributed by atoms with Crippen LogP contribution in [0.4, 0.5) is 0 Å². The lowest BCUT2D eigenvalue weighted by atomic mass is 10.1. The molecule has 4 rings (SSSR count). The van der Waals surface area contributed by atoms with Crippen molar-refractivity contribution >= 4 is 34.1 Å². The van der Waals surface area contributed by atoms with Gasteiger partial charge in [-0.2, -0.15) is 4.98 Å². The summed E-state index contributed by atoms with van der Waals surface area (Å²) in [7, 11) is 0. The van der Waals surface area contributed by atoms with Gasteiger partial charge in [0.2, 0.25) is 0 Å². The molecule has 7 nitrogen and oxygen atoms in total. The molecule has 9 heteroatoms. The van der Waals surface area contributed by atoms with Crippen LogP contribution >= 0.6 is 23.2 Å². The molecule has 4 aromatic rings. The molecular formula is C22H22Cl2N4O3. The second kappa shape index (κ2) is 9.28. The highest BCUT2D eigenvalue weighted by atomic mass is 35.5. The average molecular weight is 461 g/mol. The van der Waals surface area contributed by atoms with Crippen molar-refractivity contribution in [3.8, 4) is 23.2 Å². The Labute approximate surface area is 189 Å². The predicted octanol–water partition coefficient (Wildman–Crippen LogP) is 4.86. The summed E-state index contributed by atoms with van der Waals surface area (Å²) in [4.78, 5) is 4.52. The third-order valence-corrected chi connectivity index (χ3v) is 5.21. The number of halogens is 2. The maximum atomic E-state index is 8.91. The second-order valence-corrected chi connectivity index (χ2v) is 8.12. The lowest BCUT2D eigenvalue weighted by Crippen LogP contribution is -2.17. The zero-order valence-corrected chi connectivity index (χ0v) is 18.6. The Morgan fingerprint density at radius 1 is 1.16 bits per heavy atom. The van der Waals surface area contributed by atoms with E-state index in [-0.39, 0.29) is 12.7 Å². The van der Waals surface area contributed by atoms with Gasteiger partial charge in [-0.15, -0.1) is 0 Å². The normalized spacial score (nSPS) is 11.5. The molecule has 0 atom stereocenters. The quantitative estimate of drug-likeness (QED) is 0.365. The standard InChI is InChI=1S/C22H22Cl2N4O3/c1-13(2)30-20-6-4-15(10-17(20)23)21-26-22(27-31-21)28-12-18(24)16-9-14(3-5-19(16)28)11-25-7-8-29/h3-6,9-10,12-13,25,29H,7-8,11H2,1-2H3. The van der Waals surface area contributed by atoms with E-state index in [2.05, 4.69) is 15.5 Å². The van der Waals surface area contributed by atoms with Crippen LogP contribution in [0, 0.1) is 0 Å². The van der Waals surface area contributed by atoms with Crippen LogP contribution in [0.5, 0.6) is 5.75 Å². The highest BCUT2D eigenvalue weighted by Gasteiger charge is 2.16. The first-order valence-electron chi connectivity index (χ1n) is 9.88. The number of nitrogens with zero attached hydrogens (tertiary/aromatic N) is 3. The van der Waals surface area contributed by atoms with Gasteiger partial charge in [-0.1, -0.05) is 29.3 Å². The average Bonchev–Trinajstić information content (AvgIpc) is 3.35. The van der Waals surface area contributed by atoms with E-state index in [0.29, 0.717) is 46.3 Å². The monoisotopic (exact) mass is 460 g/mol. The van der Waals surface area contributed by atoms with Crippen molar-refractivity contribution in [1.82, 2.24) is 20.0 Å². The lowest BCUT2D eigenvalue weighted by molar-refractivity contribution is 0.242. The van der Waals surface area contributed by atoms with Crippen LogP contribution in [-0.4, -0.2) is 39.1 Å². The summed E-state index contributed by atoms with van der Waals surface area (Å²) in [6.45, 7) is 5.15. The predicted molar refractivity (Wildman–Crippen MR) is 121 cm³/mol. The summed E-state index contributed by atoms with van der Waals surface area (Å²) < 4.78 is 12.9. The third-order valence-electron chi connectivity index (χ3n) is 4.61. The number of aliphatic hydroxyl groups is 1. The van der Waals surface area contributed by atoms with Gasteiger partial charge in [-0.3, -0.25) is 4.57 Å². The molecule has 2 aromatic carbocycles. The maximum Gasteiger partial charge on any atom is 0.275 e. The van der Waals surface area contributed by atoms with Crippen molar-refractivity contribution in [2.24, 2.45) is 0 Å².